The molecule has 2 N–H and O–H groups in total. The van der Waals surface area contributed by atoms with Gasteiger partial charge in [-0.25, -0.2) is 5.01 Å². The van der Waals surface area contributed by atoms with Gasteiger partial charge in [0, 0.05) is 18.7 Å². The monoisotopic (exact) mass is 446 g/mol. The van der Waals surface area contributed by atoms with E-state index in [1.165, 1.54) is 0 Å². The van der Waals surface area contributed by atoms with Crippen LogP contribution in [0.1, 0.15) is 15.9 Å². The third-order valence-corrected chi connectivity index (χ3v) is 5.45. The molecule has 1 amide bonds. The van der Waals surface area contributed by atoms with E-state index < -0.39 is 5.91 Å². The second-order valence-electron chi connectivity index (χ2n) is 7.44. The number of nitrogens with two attached hydrogens (primary N) is 1. The van der Waals surface area contributed by atoms with Gasteiger partial charge in [-0.2, -0.15) is 0 Å². The van der Waals surface area contributed by atoms with Gasteiger partial charge >= 0.3 is 0 Å². The molecule has 170 valence electrons. The summed E-state index contributed by atoms with van der Waals surface area (Å²) in [7, 11) is 5.15. The molecule has 4 rings (SSSR count). The highest BCUT2D eigenvalue weighted by Gasteiger charge is 2.23. The van der Waals surface area contributed by atoms with Crippen molar-refractivity contribution in [2.24, 2.45) is 10.7 Å². The predicted molar refractivity (Wildman–Crippen MR) is 125 cm³/mol. The summed E-state index contributed by atoms with van der Waals surface area (Å²) in [4.78, 5) is 16.1. The highest BCUT2D eigenvalue weighted by Crippen LogP contribution is 2.25. The number of benzene rings is 3. The Morgan fingerprint density at radius 3 is 2.33 bits per heavy atom. The molecule has 0 saturated carbocycles. The Labute approximate surface area is 192 Å². The zero-order chi connectivity index (χ0) is 23.4. The zero-order valence-corrected chi connectivity index (χ0v) is 18.8. The molecule has 0 radical (unpaired) electrons. The number of fused-ring (bicyclic) bond motifs is 1. The van der Waals surface area contributed by atoms with Crippen LogP contribution in [0.2, 0.25) is 0 Å². The Morgan fingerprint density at radius 1 is 1.03 bits per heavy atom. The van der Waals surface area contributed by atoms with Crippen LogP contribution in [0.3, 0.4) is 0 Å². The van der Waals surface area contributed by atoms with Gasteiger partial charge in [0.1, 0.15) is 13.3 Å². The molecule has 1 aliphatic rings. The Hall–Kier alpha value is -4.20. The number of carbonyl (C=O) groups is 1. The second-order valence-corrected chi connectivity index (χ2v) is 7.44. The lowest BCUT2D eigenvalue weighted by molar-refractivity contribution is 0.1000. The van der Waals surface area contributed by atoms with Gasteiger partial charge in [0.2, 0.25) is 11.8 Å². The van der Waals surface area contributed by atoms with Crippen LogP contribution < -0.4 is 30.8 Å². The van der Waals surface area contributed by atoms with E-state index in [0.29, 0.717) is 36.2 Å². The van der Waals surface area contributed by atoms with Crippen LogP contribution in [0.15, 0.2) is 71.7 Å². The van der Waals surface area contributed by atoms with Crippen LogP contribution in [-0.2, 0) is 11.3 Å². The highest BCUT2D eigenvalue weighted by atomic mass is 16.5. The molecule has 0 saturated heterocycles. The quantitative estimate of drug-likeness (QED) is 0.570. The van der Waals surface area contributed by atoms with Crippen molar-refractivity contribution in [3.05, 3.63) is 88.4 Å². The first-order valence-electron chi connectivity index (χ1n) is 10.4. The summed E-state index contributed by atoms with van der Waals surface area (Å²) in [6.07, 6.45) is 0. The van der Waals surface area contributed by atoms with Gasteiger partial charge in [-0.1, -0.05) is 30.3 Å². The number of hydrogen-bond acceptors (Lipinski definition) is 7. The summed E-state index contributed by atoms with van der Waals surface area (Å²) in [6.45, 7) is 0.658. The first-order valence-corrected chi connectivity index (χ1v) is 10.4. The lowest BCUT2D eigenvalue weighted by Crippen LogP contribution is -2.48. The number of hydrazine groups is 1. The second kappa shape index (κ2) is 9.52. The summed E-state index contributed by atoms with van der Waals surface area (Å²) in [6, 6.07) is 20.7. The lowest BCUT2D eigenvalue weighted by Gasteiger charge is -2.36. The molecular weight excluding hydrogens is 420 g/mol. The molecule has 0 aliphatic carbocycles. The zero-order valence-electron chi connectivity index (χ0n) is 18.8. The number of para-hydroxylation sites is 1. The first-order chi connectivity index (χ1) is 16.0. The van der Waals surface area contributed by atoms with Crippen molar-refractivity contribution in [1.82, 2.24) is 5.01 Å². The summed E-state index contributed by atoms with van der Waals surface area (Å²) in [5, 5.41) is 5.50. The van der Waals surface area contributed by atoms with Gasteiger partial charge < -0.3 is 19.9 Å². The third kappa shape index (κ3) is 4.55. The summed E-state index contributed by atoms with van der Waals surface area (Å²) in [5.41, 5.74) is 7.69. The largest absolute Gasteiger partial charge is 0.493 e. The molecule has 33 heavy (non-hydrogen) atoms. The van der Waals surface area contributed by atoms with E-state index >= 15 is 0 Å². The SMILES string of the molecule is COc1cc2c(cc1OC)=C(OCc1ccc(C(N)=O)cc1)N(N(C)c1ccccc1)CN=2. The fraction of sp³-hybridized carbons (Fsp3) is 0.200. The van der Waals surface area contributed by atoms with Crippen molar-refractivity contribution in [3.8, 4) is 11.5 Å². The molecule has 0 fully saturated rings. The van der Waals surface area contributed by atoms with Crippen LogP contribution in [-0.4, -0.2) is 38.9 Å². The molecule has 1 heterocycles. The van der Waals surface area contributed by atoms with Crippen molar-refractivity contribution in [1.29, 1.82) is 0 Å². The van der Waals surface area contributed by atoms with Crippen LogP contribution in [0.4, 0.5) is 5.69 Å². The number of primary amides is 1. The molecule has 1 aliphatic heterocycles. The lowest BCUT2D eigenvalue weighted by atomic mass is 10.1. The number of hydrogen-bond donors (Lipinski definition) is 1. The molecule has 0 spiro atoms. The van der Waals surface area contributed by atoms with E-state index in [4.69, 9.17) is 24.9 Å². The van der Waals surface area contributed by atoms with Gasteiger partial charge in [-0.05, 0) is 35.9 Å². The van der Waals surface area contributed by atoms with Crippen molar-refractivity contribution < 1.29 is 19.0 Å². The maximum Gasteiger partial charge on any atom is 0.248 e. The fourth-order valence-electron chi connectivity index (χ4n) is 3.60. The smallest absolute Gasteiger partial charge is 0.248 e. The Morgan fingerprint density at radius 2 is 1.70 bits per heavy atom. The van der Waals surface area contributed by atoms with Crippen molar-refractivity contribution in [2.45, 2.75) is 6.61 Å². The molecule has 3 aromatic carbocycles. The first kappa shape index (κ1) is 22.0. The van der Waals surface area contributed by atoms with Crippen molar-refractivity contribution in [3.63, 3.8) is 0 Å². The summed E-state index contributed by atoms with van der Waals surface area (Å²) < 4.78 is 17.3. The van der Waals surface area contributed by atoms with E-state index in [1.807, 2.05) is 71.7 Å². The molecular formula is C25H26N4O4. The third-order valence-electron chi connectivity index (χ3n) is 5.45. The van der Waals surface area contributed by atoms with Gasteiger partial charge in [0.15, 0.2) is 11.5 Å². The number of carbonyl (C=O) groups excluding carboxylic acids is 1. The van der Waals surface area contributed by atoms with Gasteiger partial charge in [-0.15, -0.1) is 0 Å². The number of nitrogens with zero attached hydrogens (tertiary/aromatic N) is 3. The van der Waals surface area contributed by atoms with E-state index in [9.17, 15) is 4.79 Å². The molecule has 0 bridgehead atoms. The molecule has 0 aromatic heterocycles. The molecule has 8 heteroatoms. The predicted octanol–water partition coefficient (Wildman–Crippen LogP) is 2.03. The number of anilines is 1. The minimum atomic E-state index is -0.462. The van der Waals surface area contributed by atoms with Gasteiger partial charge in [0.05, 0.1) is 30.5 Å². The average molecular weight is 447 g/mol. The Kier molecular flexibility index (Phi) is 6.35. The summed E-state index contributed by atoms with van der Waals surface area (Å²) >= 11 is 0. The minimum absolute atomic E-state index is 0.293. The number of rotatable bonds is 8. The minimum Gasteiger partial charge on any atom is -0.493 e. The standard InChI is InChI=1S/C25H26N4O4/c1-28(19-7-5-4-6-8-19)29-16-27-21-14-23(32-3)22(31-2)13-20(21)25(29)33-15-17-9-11-18(12-10-17)24(26)30/h4-14H,15-16H2,1-3H3,(H2,26,30). The molecule has 0 unspecified atom stereocenters. The van der Waals surface area contributed by atoms with Crippen LogP contribution in [0, 0.1) is 0 Å². The highest BCUT2D eigenvalue weighted by molar-refractivity contribution is 5.92. The molecule has 3 aromatic rings. The van der Waals surface area contributed by atoms with Crippen molar-refractivity contribution in [2.75, 3.05) is 32.9 Å². The number of methoxy groups -OCH3 is 2. The maximum atomic E-state index is 11.4. The maximum absolute atomic E-state index is 11.4. The molecule has 0 atom stereocenters. The van der Waals surface area contributed by atoms with E-state index in [2.05, 4.69) is 0 Å². The molecule has 8 nitrogen and oxygen atoms in total. The summed E-state index contributed by atoms with van der Waals surface area (Å²) in [5.74, 6) is 1.36. The van der Waals surface area contributed by atoms with E-state index in [0.717, 1.165) is 21.8 Å². The van der Waals surface area contributed by atoms with Gasteiger partial charge in [-0.3, -0.25) is 14.8 Å². The van der Waals surface area contributed by atoms with Crippen LogP contribution >= 0.6 is 0 Å². The number of ether oxygens (including phenoxy) is 3. The normalized spacial score (nSPS) is 12.5. The average Bonchev–Trinajstić information content (AvgIpc) is 2.86. The van der Waals surface area contributed by atoms with E-state index in [-0.39, 0.29) is 0 Å². The Balaban J connectivity index is 1.76. The number of amides is 1. The Bertz CT molecular complexity index is 1260. The fourth-order valence-corrected chi connectivity index (χ4v) is 3.60. The topological polar surface area (TPSA) is 89.6 Å². The van der Waals surface area contributed by atoms with Crippen LogP contribution in [0.5, 0.6) is 11.5 Å². The van der Waals surface area contributed by atoms with Crippen molar-refractivity contribution >= 4 is 17.5 Å². The van der Waals surface area contributed by atoms with E-state index in [1.54, 1.807) is 26.4 Å². The van der Waals surface area contributed by atoms with Gasteiger partial charge in [0.25, 0.3) is 0 Å². The van der Waals surface area contributed by atoms with Crippen LogP contribution in [0.25, 0.3) is 5.88 Å².